The number of amides is 1. The highest BCUT2D eigenvalue weighted by molar-refractivity contribution is 5.90. The van der Waals surface area contributed by atoms with Crippen molar-refractivity contribution in [3.63, 3.8) is 0 Å². The van der Waals surface area contributed by atoms with E-state index in [-0.39, 0.29) is 25.2 Å². The second-order valence-electron chi connectivity index (χ2n) is 11.6. The summed E-state index contributed by atoms with van der Waals surface area (Å²) in [5, 5.41) is 7.64. The standard InChI is InChI=1S/C30H36FN7O6/c1-30(2,3)43-28(39)18-36(4)11-12-41-19-22-14-27(34-44-22)26-8-5-20(15-32-26)24-7-6-21(13-25(24)31)38-17-23(42-29(38)40)16-37-10-9-33-35-37/h5-10,13-15,22-23,34H,11-12,16-19H2,1-4H3/t22-,23-/m0/s1. The summed E-state index contributed by atoms with van der Waals surface area (Å²) < 4.78 is 33.2. The van der Waals surface area contributed by atoms with Crippen LogP contribution in [0.3, 0.4) is 0 Å². The predicted octanol–water partition coefficient (Wildman–Crippen LogP) is 3.04. The summed E-state index contributed by atoms with van der Waals surface area (Å²) in [6, 6.07) is 8.16. The number of carbonyl (C=O) groups is 2. The molecule has 0 saturated carbocycles. The van der Waals surface area contributed by atoms with E-state index in [1.165, 1.54) is 11.0 Å². The van der Waals surface area contributed by atoms with Crippen LogP contribution < -0.4 is 10.4 Å². The molecule has 2 aliphatic heterocycles. The van der Waals surface area contributed by atoms with E-state index in [0.29, 0.717) is 54.5 Å². The number of benzene rings is 1. The van der Waals surface area contributed by atoms with E-state index in [2.05, 4.69) is 20.8 Å². The molecule has 1 saturated heterocycles. The van der Waals surface area contributed by atoms with E-state index in [4.69, 9.17) is 19.0 Å². The summed E-state index contributed by atoms with van der Waals surface area (Å²) in [5.74, 6) is -0.767. The number of likely N-dealkylation sites (N-methyl/N-ethyl adjacent to an activating group) is 1. The van der Waals surface area contributed by atoms with Gasteiger partial charge in [-0.2, -0.15) is 0 Å². The summed E-state index contributed by atoms with van der Waals surface area (Å²) in [6.07, 6.45) is 5.40. The number of cyclic esters (lactones) is 1. The second kappa shape index (κ2) is 13.5. The van der Waals surface area contributed by atoms with Crippen molar-refractivity contribution in [2.75, 3.05) is 44.8 Å². The monoisotopic (exact) mass is 609 g/mol. The van der Waals surface area contributed by atoms with Gasteiger partial charge in [-0.15, -0.1) is 5.10 Å². The van der Waals surface area contributed by atoms with Gasteiger partial charge in [0.05, 0.1) is 56.1 Å². The number of halogens is 1. The van der Waals surface area contributed by atoms with Crippen LogP contribution >= 0.6 is 0 Å². The largest absolute Gasteiger partial charge is 0.459 e. The summed E-state index contributed by atoms with van der Waals surface area (Å²) in [7, 11) is 1.83. The van der Waals surface area contributed by atoms with Crippen molar-refractivity contribution < 1.29 is 33.0 Å². The molecule has 44 heavy (non-hydrogen) atoms. The summed E-state index contributed by atoms with van der Waals surface area (Å²) in [6.45, 7) is 7.62. The Morgan fingerprint density at radius 3 is 2.80 bits per heavy atom. The van der Waals surface area contributed by atoms with Crippen molar-refractivity contribution in [3.8, 4) is 11.1 Å². The first-order valence-corrected chi connectivity index (χ1v) is 14.2. The maximum Gasteiger partial charge on any atom is 0.414 e. The van der Waals surface area contributed by atoms with Gasteiger partial charge in [0.2, 0.25) is 0 Å². The summed E-state index contributed by atoms with van der Waals surface area (Å²) in [4.78, 5) is 37.7. The van der Waals surface area contributed by atoms with Crippen LogP contribution in [0.5, 0.6) is 0 Å². The highest BCUT2D eigenvalue weighted by Gasteiger charge is 2.33. The van der Waals surface area contributed by atoms with Crippen molar-refractivity contribution >= 4 is 23.4 Å². The minimum absolute atomic E-state index is 0.182. The third-order valence-corrected chi connectivity index (χ3v) is 6.74. The normalized spacial score (nSPS) is 18.4. The molecule has 1 aromatic carbocycles. The van der Waals surface area contributed by atoms with Crippen LogP contribution in [0, 0.1) is 5.82 Å². The van der Waals surface area contributed by atoms with Gasteiger partial charge in [0, 0.05) is 30.1 Å². The van der Waals surface area contributed by atoms with E-state index in [0.717, 1.165) is 0 Å². The first kappa shape index (κ1) is 31.0. The lowest BCUT2D eigenvalue weighted by molar-refractivity contribution is -0.155. The maximum atomic E-state index is 15.2. The number of esters is 1. The number of ether oxygens (including phenoxy) is 3. The Hall–Kier alpha value is -4.40. The highest BCUT2D eigenvalue weighted by atomic mass is 19.1. The van der Waals surface area contributed by atoms with Gasteiger partial charge in [0.25, 0.3) is 0 Å². The SMILES string of the molecule is CN(CCOC[C@@H]1C=C(c2ccc(-c3ccc(N4C[C@H](Cn5ccnn5)OC4=O)cc3F)cn2)NO1)CC(=O)OC(C)(C)C. The third kappa shape index (κ3) is 8.15. The average molecular weight is 610 g/mol. The first-order valence-electron chi connectivity index (χ1n) is 14.2. The lowest BCUT2D eigenvalue weighted by Gasteiger charge is -2.22. The molecular formula is C30H36FN7O6. The topological polar surface area (TPSA) is 133 Å². The molecule has 4 heterocycles. The van der Waals surface area contributed by atoms with E-state index in [9.17, 15) is 9.59 Å². The van der Waals surface area contributed by atoms with E-state index in [1.807, 2.05) is 38.8 Å². The van der Waals surface area contributed by atoms with Gasteiger partial charge in [-0.05, 0) is 58.2 Å². The fourth-order valence-electron chi connectivity index (χ4n) is 4.69. The van der Waals surface area contributed by atoms with Gasteiger partial charge in [-0.25, -0.2) is 13.9 Å². The number of hydroxylamine groups is 1. The van der Waals surface area contributed by atoms with Crippen LogP contribution in [0.25, 0.3) is 16.8 Å². The van der Waals surface area contributed by atoms with Gasteiger partial charge in [-0.3, -0.25) is 29.9 Å². The van der Waals surface area contributed by atoms with Crippen molar-refractivity contribution in [1.29, 1.82) is 0 Å². The summed E-state index contributed by atoms with van der Waals surface area (Å²) >= 11 is 0. The fraction of sp³-hybridized carbons (Fsp3) is 0.433. The Balaban J connectivity index is 1.10. The maximum absolute atomic E-state index is 15.2. The summed E-state index contributed by atoms with van der Waals surface area (Å²) in [5.41, 5.74) is 5.00. The van der Waals surface area contributed by atoms with Crippen molar-refractivity contribution in [2.24, 2.45) is 0 Å². The quantitative estimate of drug-likeness (QED) is 0.240. The molecular weight excluding hydrogens is 573 g/mol. The van der Waals surface area contributed by atoms with Crippen LogP contribution in [0.15, 0.2) is 55.0 Å². The van der Waals surface area contributed by atoms with Gasteiger partial charge in [-0.1, -0.05) is 11.3 Å². The van der Waals surface area contributed by atoms with Crippen molar-refractivity contribution in [2.45, 2.75) is 45.1 Å². The molecule has 2 aliphatic rings. The van der Waals surface area contributed by atoms with Crippen molar-refractivity contribution in [3.05, 3.63) is 66.5 Å². The molecule has 13 nitrogen and oxygen atoms in total. The van der Waals surface area contributed by atoms with E-state index < -0.39 is 23.6 Å². The van der Waals surface area contributed by atoms with Gasteiger partial charge in [0.15, 0.2) is 0 Å². The Bertz CT molecular complexity index is 1480. The van der Waals surface area contributed by atoms with Crippen LogP contribution in [-0.2, 0) is 30.4 Å². The Kier molecular flexibility index (Phi) is 9.52. The number of aromatic nitrogens is 4. The number of rotatable bonds is 12. The minimum atomic E-state index is -0.540. The predicted molar refractivity (Wildman–Crippen MR) is 157 cm³/mol. The zero-order valence-electron chi connectivity index (χ0n) is 25.1. The minimum Gasteiger partial charge on any atom is -0.459 e. The Morgan fingerprint density at radius 2 is 2.09 bits per heavy atom. The Morgan fingerprint density at radius 1 is 1.25 bits per heavy atom. The molecule has 234 valence electrons. The Labute approximate surface area is 254 Å². The zero-order chi connectivity index (χ0) is 31.3. The second-order valence-corrected chi connectivity index (χ2v) is 11.6. The third-order valence-electron chi connectivity index (χ3n) is 6.74. The molecule has 0 spiro atoms. The first-order chi connectivity index (χ1) is 21.0. The van der Waals surface area contributed by atoms with E-state index in [1.54, 1.807) is 47.5 Å². The molecule has 2 aromatic heterocycles. The number of carbonyl (C=O) groups excluding carboxylic acids is 2. The molecule has 1 N–H and O–H groups in total. The lowest BCUT2D eigenvalue weighted by atomic mass is 10.1. The highest BCUT2D eigenvalue weighted by Crippen LogP contribution is 2.30. The van der Waals surface area contributed by atoms with Crippen LogP contribution in [-0.4, -0.2) is 94.6 Å². The zero-order valence-corrected chi connectivity index (χ0v) is 25.1. The molecule has 1 amide bonds. The number of anilines is 1. The number of pyridine rings is 1. The molecule has 0 radical (unpaired) electrons. The molecule has 0 bridgehead atoms. The smallest absolute Gasteiger partial charge is 0.414 e. The van der Waals surface area contributed by atoms with E-state index >= 15 is 4.39 Å². The molecule has 3 aromatic rings. The molecule has 1 fully saturated rings. The lowest BCUT2D eigenvalue weighted by Crippen LogP contribution is -2.34. The number of nitrogens with zero attached hydrogens (tertiary/aromatic N) is 6. The fourth-order valence-corrected chi connectivity index (χ4v) is 4.69. The molecule has 0 aliphatic carbocycles. The molecule has 0 unspecified atom stereocenters. The number of hydrogen-bond acceptors (Lipinski definition) is 11. The molecule has 14 heteroatoms. The van der Waals surface area contributed by atoms with Crippen molar-refractivity contribution in [1.82, 2.24) is 30.4 Å². The van der Waals surface area contributed by atoms with Crippen LogP contribution in [0.1, 0.15) is 26.5 Å². The van der Waals surface area contributed by atoms with Gasteiger partial charge < -0.3 is 14.2 Å². The van der Waals surface area contributed by atoms with Crippen LogP contribution in [0.4, 0.5) is 14.9 Å². The number of nitrogens with one attached hydrogen (secondary N) is 1. The average Bonchev–Trinajstić information content (AvgIpc) is 3.72. The molecule has 2 atom stereocenters. The van der Waals surface area contributed by atoms with Gasteiger partial charge >= 0.3 is 12.1 Å². The number of hydrogen-bond donors (Lipinski definition) is 1. The van der Waals surface area contributed by atoms with Crippen LogP contribution in [0.2, 0.25) is 0 Å². The van der Waals surface area contributed by atoms with Gasteiger partial charge in [0.1, 0.15) is 23.6 Å². The molecule has 5 rings (SSSR count).